The number of carbonyl (C=O) groups excluding carboxylic acids is 2. The molecule has 0 aliphatic heterocycles. The Hall–Kier alpha value is -3.70. The average molecular weight is 498 g/mol. The van der Waals surface area contributed by atoms with Gasteiger partial charge in [0.25, 0.3) is 11.5 Å². The molecule has 12 heteroatoms. The second kappa shape index (κ2) is 10.5. The van der Waals surface area contributed by atoms with E-state index in [1.165, 1.54) is 11.0 Å². The summed E-state index contributed by atoms with van der Waals surface area (Å²) in [6.07, 6.45) is 2.20. The lowest BCUT2D eigenvalue weighted by atomic mass is 10.1. The highest BCUT2D eigenvalue weighted by molar-refractivity contribution is 7.99. The lowest BCUT2D eigenvalue weighted by molar-refractivity contribution is -0.119. The van der Waals surface area contributed by atoms with Crippen LogP contribution in [0.2, 0.25) is 5.02 Å². The first-order valence-corrected chi connectivity index (χ1v) is 11.7. The van der Waals surface area contributed by atoms with Crippen LogP contribution in [-0.2, 0) is 11.3 Å². The Labute approximate surface area is 203 Å². The van der Waals surface area contributed by atoms with Crippen molar-refractivity contribution in [3.05, 3.63) is 75.9 Å². The van der Waals surface area contributed by atoms with Crippen LogP contribution in [0.4, 0.5) is 0 Å². The minimum absolute atomic E-state index is 0.0248. The molecule has 174 valence electrons. The van der Waals surface area contributed by atoms with Crippen LogP contribution >= 0.6 is 23.4 Å². The number of hydrogen-bond acceptors (Lipinski definition) is 7. The van der Waals surface area contributed by atoms with Gasteiger partial charge in [0.05, 0.1) is 16.8 Å². The molecule has 2 aromatic carbocycles. The summed E-state index contributed by atoms with van der Waals surface area (Å²) in [5.41, 5.74) is 5.30. The number of amides is 2. The van der Waals surface area contributed by atoms with Crippen LogP contribution in [0.3, 0.4) is 0 Å². The normalized spacial score (nSPS) is 10.9. The quantitative estimate of drug-likeness (QED) is 0.297. The molecule has 0 spiro atoms. The Balaban J connectivity index is 1.42. The molecule has 34 heavy (non-hydrogen) atoms. The maximum Gasteiger partial charge on any atom is 0.290 e. The van der Waals surface area contributed by atoms with E-state index in [9.17, 15) is 14.4 Å². The number of thioether (sulfide) groups is 1. The highest BCUT2D eigenvalue weighted by atomic mass is 35.5. The number of nitrogens with one attached hydrogen (secondary N) is 2. The van der Waals surface area contributed by atoms with Crippen molar-refractivity contribution in [3.63, 3.8) is 0 Å². The first-order valence-electron chi connectivity index (χ1n) is 10.4. The number of aromatic nitrogens is 5. The summed E-state index contributed by atoms with van der Waals surface area (Å²) in [6, 6.07) is 13.9. The van der Waals surface area contributed by atoms with Crippen LogP contribution in [0.15, 0.2) is 64.8 Å². The molecular formula is C22H20ClN7O3S. The third-order valence-electron chi connectivity index (χ3n) is 4.77. The fourth-order valence-electron chi connectivity index (χ4n) is 3.24. The van der Waals surface area contributed by atoms with E-state index in [0.717, 1.165) is 17.4 Å². The van der Waals surface area contributed by atoms with Gasteiger partial charge in [0, 0.05) is 17.0 Å². The zero-order valence-corrected chi connectivity index (χ0v) is 19.6. The number of nitrogens with zero attached hydrogens (tertiary/aromatic N) is 5. The van der Waals surface area contributed by atoms with Crippen LogP contribution < -0.4 is 16.4 Å². The Morgan fingerprint density at radius 2 is 1.88 bits per heavy atom. The Bertz CT molecular complexity index is 1420. The van der Waals surface area contributed by atoms with Crippen molar-refractivity contribution in [2.24, 2.45) is 0 Å². The van der Waals surface area contributed by atoms with Gasteiger partial charge in [0.2, 0.25) is 5.91 Å². The smallest absolute Gasteiger partial charge is 0.277 e. The third kappa shape index (κ3) is 5.10. The van der Waals surface area contributed by atoms with Crippen LogP contribution in [0.1, 0.15) is 23.8 Å². The molecule has 0 bridgehead atoms. The van der Waals surface area contributed by atoms with E-state index in [1.807, 2.05) is 13.0 Å². The van der Waals surface area contributed by atoms with E-state index in [4.69, 9.17) is 11.6 Å². The van der Waals surface area contributed by atoms with Crippen molar-refractivity contribution in [1.82, 2.24) is 35.4 Å². The van der Waals surface area contributed by atoms with E-state index < -0.39 is 11.8 Å². The van der Waals surface area contributed by atoms with Gasteiger partial charge in [-0.15, -0.1) is 10.2 Å². The van der Waals surface area contributed by atoms with E-state index in [2.05, 4.69) is 26.1 Å². The van der Waals surface area contributed by atoms with Crippen molar-refractivity contribution in [3.8, 4) is 5.69 Å². The van der Waals surface area contributed by atoms with Crippen molar-refractivity contribution >= 4 is 45.9 Å². The predicted molar refractivity (Wildman–Crippen MR) is 129 cm³/mol. The molecule has 0 saturated carbocycles. The zero-order chi connectivity index (χ0) is 24.1. The van der Waals surface area contributed by atoms with Gasteiger partial charge in [-0.3, -0.25) is 29.8 Å². The van der Waals surface area contributed by atoms with E-state index >= 15 is 0 Å². The van der Waals surface area contributed by atoms with E-state index in [1.54, 1.807) is 47.0 Å². The maximum atomic E-state index is 12.8. The van der Waals surface area contributed by atoms with E-state index in [0.29, 0.717) is 33.9 Å². The first-order chi connectivity index (χ1) is 16.5. The monoisotopic (exact) mass is 497 g/mol. The molecule has 0 aliphatic carbocycles. The number of halogens is 1. The molecule has 0 saturated heterocycles. The summed E-state index contributed by atoms with van der Waals surface area (Å²) in [6.45, 7) is 2.29. The SMILES string of the molecule is CCCn1nc(C(=O)NNC(=O)CSc2nncn2-c2cccc(Cl)c2)c2ccccc2c1=O. The summed E-state index contributed by atoms with van der Waals surface area (Å²) >= 11 is 7.19. The number of benzene rings is 2. The van der Waals surface area contributed by atoms with Crippen molar-refractivity contribution in [1.29, 1.82) is 0 Å². The van der Waals surface area contributed by atoms with Crippen molar-refractivity contribution in [2.45, 2.75) is 25.0 Å². The lowest BCUT2D eigenvalue weighted by Crippen LogP contribution is -2.43. The molecule has 0 radical (unpaired) electrons. The molecular weight excluding hydrogens is 478 g/mol. The lowest BCUT2D eigenvalue weighted by Gasteiger charge is -2.11. The molecule has 0 unspecified atom stereocenters. The maximum absolute atomic E-state index is 12.8. The van der Waals surface area contributed by atoms with Gasteiger partial charge >= 0.3 is 0 Å². The van der Waals surface area contributed by atoms with Crippen LogP contribution in [0, 0.1) is 0 Å². The molecule has 0 aliphatic rings. The predicted octanol–water partition coefficient (Wildman–Crippen LogP) is 2.59. The van der Waals surface area contributed by atoms with Crippen molar-refractivity contribution < 1.29 is 9.59 Å². The molecule has 2 N–H and O–H groups in total. The highest BCUT2D eigenvalue weighted by Gasteiger charge is 2.17. The summed E-state index contributed by atoms with van der Waals surface area (Å²) in [7, 11) is 0. The molecule has 2 aromatic heterocycles. The number of rotatable bonds is 7. The summed E-state index contributed by atoms with van der Waals surface area (Å²) in [5, 5.41) is 14.0. The molecule has 0 fully saturated rings. The topological polar surface area (TPSA) is 124 Å². The van der Waals surface area contributed by atoms with Gasteiger partial charge in [-0.25, -0.2) is 4.68 Å². The van der Waals surface area contributed by atoms with Crippen LogP contribution in [-0.4, -0.2) is 42.1 Å². The van der Waals surface area contributed by atoms with Crippen LogP contribution in [0.5, 0.6) is 0 Å². The standard InChI is InChI=1S/C22H20ClN7O3S/c1-2-10-30-21(33)17-9-4-3-8-16(17)19(28-30)20(32)26-25-18(31)12-34-22-27-24-13-29(22)15-7-5-6-14(23)11-15/h3-9,11,13H,2,10,12H2,1H3,(H,25,31)(H,26,32). The van der Waals surface area contributed by atoms with Gasteiger partial charge in [-0.05, 0) is 30.7 Å². The highest BCUT2D eigenvalue weighted by Crippen LogP contribution is 2.21. The average Bonchev–Trinajstić information content (AvgIpc) is 3.32. The fraction of sp³-hybridized carbons (Fsp3) is 0.182. The fourth-order valence-corrected chi connectivity index (χ4v) is 4.16. The second-order valence-corrected chi connectivity index (χ2v) is 8.56. The number of fused-ring (bicyclic) bond motifs is 1. The van der Waals surface area contributed by atoms with Crippen LogP contribution in [0.25, 0.3) is 16.5 Å². The number of aryl methyl sites for hydroxylation is 1. The first kappa shape index (κ1) is 23.5. The summed E-state index contributed by atoms with van der Waals surface area (Å²) in [4.78, 5) is 37.7. The Morgan fingerprint density at radius 3 is 2.65 bits per heavy atom. The third-order valence-corrected chi connectivity index (χ3v) is 5.95. The minimum Gasteiger partial charge on any atom is -0.277 e. The van der Waals surface area contributed by atoms with Gasteiger partial charge < -0.3 is 0 Å². The molecule has 2 heterocycles. The molecule has 4 aromatic rings. The summed E-state index contributed by atoms with van der Waals surface area (Å²) in [5.74, 6) is -1.10. The van der Waals surface area contributed by atoms with Gasteiger partial charge in [0.15, 0.2) is 10.9 Å². The van der Waals surface area contributed by atoms with Gasteiger partial charge in [0.1, 0.15) is 6.33 Å². The zero-order valence-electron chi connectivity index (χ0n) is 18.1. The van der Waals surface area contributed by atoms with Gasteiger partial charge in [-0.1, -0.05) is 54.6 Å². The van der Waals surface area contributed by atoms with E-state index in [-0.39, 0.29) is 17.0 Å². The Morgan fingerprint density at radius 1 is 1.09 bits per heavy atom. The molecule has 4 rings (SSSR count). The number of carbonyl (C=O) groups is 2. The molecule has 10 nitrogen and oxygen atoms in total. The molecule has 0 atom stereocenters. The largest absolute Gasteiger partial charge is 0.290 e. The second-order valence-electron chi connectivity index (χ2n) is 7.18. The van der Waals surface area contributed by atoms with Crippen molar-refractivity contribution in [2.75, 3.05) is 5.75 Å². The summed E-state index contributed by atoms with van der Waals surface area (Å²) < 4.78 is 2.97. The van der Waals surface area contributed by atoms with Gasteiger partial charge in [-0.2, -0.15) is 5.10 Å². The molecule has 2 amide bonds. The Kier molecular flexibility index (Phi) is 7.24. The minimum atomic E-state index is -0.624. The number of hydrazine groups is 1. The number of hydrogen-bond donors (Lipinski definition) is 2.